The fourth-order valence-corrected chi connectivity index (χ4v) is 7.53. The highest BCUT2D eigenvalue weighted by atomic mass is 16.5. The lowest BCUT2D eigenvalue weighted by molar-refractivity contribution is -0.144. The highest BCUT2D eigenvalue weighted by Crippen LogP contribution is 2.42. The summed E-state index contributed by atoms with van der Waals surface area (Å²) in [5, 5.41) is 15.7. The molecule has 0 spiro atoms. The van der Waals surface area contributed by atoms with Crippen molar-refractivity contribution in [3.63, 3.8) is 0 Å². The first kappa shape index (κ1) is 37.7. The normalized spacial score (nSPS) is 18.2. The van der Waals surface area contributed by atoms with Crippen LogP contribution in [-0.4, -0.2) is 69.8 Å². The molecule has 1 aromatic heterocycles. The third-order valence-corrected chi connectivity index (χ3v) is 10.3. The number of amides is 4. The van der Waals surface area contributed by atoms with Crippen molar-refractivity contribution in [2.24, 2.45) is 5.41 Å². The fourth-order valence-electron chi connectivity index (χ4n) is 7.53. The van der Waals surface area contributed by atoms with Crippen LogP contribution in [-0.2, 0) is 36.8 Å². The Balaban J connectivity index is 1.26. The van der Waals surface area contributed by atoms with Crippen LogP contribution in [0.4, 0.5) is 5.69 Å². The topological polar surface area (TPSA) is 158 Å². The molecule has 12 nitrogen and oxygen atoms in total. The zero-order chi connectivity index (χ0) is 38.1. The molecule has 1 aliphatic heterocycles. The lowest BCUT2D eigenvalue weighted by Gasteiger charge is -2.32. The van der Waals surface area contributed by atoms with E-state index >= 15 is 0 Å². The number of anilines is 1. The van der Waals surface area contributed by atoms with Gasteiger partial charge in [0, 0.05) is 44.4 Å². The number of nitrogens with zero attached hydrogens (tertiary/aromatic N) is 3. The van der Waals surface area contributed by atoms with Crippen LogP contribution in [0, 0.1) is 5.41 Å². The quantitative estimate of drug-likeness (QED) is 0.157. The minimum Gasteiger partial charge on any atom is -0.484 e. The van der Waals surface area contributed by atoms with E-state index in [1.54, 1.807) is 64.7 Å². The van der Waals surface area contributed by atoms with Gasteiger partial charge in [-0.1, -0.05) is 79.6 Å². The second kappa shape index (κ2) is 17.2. The molecule has 4 aromatic rings. The molecule has 2 aliphatic rings. The summed E-state index contributed by atoms with van der Waals surface area (Å²) in [6.07, 6.45) is 6.19. The number of carbonyl (C=O) groups is 5. The van der Waals surface area contributed by atoms with Gasteiger partial charge in [0.1, 0.15) is 24.0 Å². The van der Waals surface area contributed by atoms with Crippen molar-refractivity contribution < 1.29 is 33.8 Å². The molecule has 2 heterocycles. The van der Waals surface area contributed by atoms with Crippen molar-refractivity contribution in [3.05, 3.63) is 126 Å². The number of aliphatic carboxylic acids is 1. The van der Waals surface area contributed by atoms with Gasteiger partial charge >= 0.3 is 5.97 Å². The van der Waals surface area contributed by atoms with Gasteiger partial charge in [0.15, 0.2) is 6.61 Å². The Kier molecular flexibility index (Phi) is 12.0. The van der Waals surface area contributed by atoms with E-state index in [9.17, 15) is 29.1 Å². The third-order valence-electron chi connectivity index (χ3n) is 10.3. The first-order valence-electron chi connectivity index (χ1n) is 18.3. The Morgan fingerprint density at radius 3 is 2.22 bits per heavy atom. The fraction of sp³-hybridized carbons (Fsp3) is 0.333. The molecule has 2 unspecified atom stereocenters. The van der Waals surface area contributed by atoms with Gasteiger partial charge in [-0.25, -0.2) is 4.79 Å². The molecule has 1 saturated carbocycles. The molecule has 3 atom stereocenters. The third kappa shape index (κ3) is 8.76. The van der Waals surface area contributed by atoms with Crippen molar-refractivity contribution in [2.45, 2.75) is 70.1 Å². The summed E-state index contributed by atoms with van der Waals surface area (Å²) in [6.45, 7) is 1.48. The number of nitrogens with one attached hydrogen (secondary N) is 2. The molecule has 3 aromatic carbocycles. The molecule has 3 N–H and O–H groups in total. The number of carbonyl (C=O) groups excluding carboxylic acids is 4. The van der Waals surface area contributed by atoms with Gasteiger partial charge < -0.3 is 25.4 Å². The number of carboxylic acid groups (broad SMARTS) is 1. The average molecular weight is 732 g/mol. The maximum absolute atomic E-state index is 14.5. The van der Waals surface area contributed by atoms with Crippen LogP contribution in [0.25, 0.3) is 0 Å². The Labute approximate surface area is 314 Å². The van der Waals surface area contributed by atoms with E-state index < -0.39 is 29.6 Å². The van der Waals surface area contributed by atoms with Gasteiger partial charge in [-0.05, 0) is 66.3 Å². The van der Waals surface area contributed by atoms with E-state index in [-0.39, 0.29) is 43.1 Å². The highest BCUT2D eigenvalue weighted by molar-refractivity contribution is 6.04. The molecular formula is C42H45N5O7. The molecular weight excluding hydrogens is 686 g/mol. The minimum absolute atomic E-state index is 0.0181. The van der Waals surface area contributed by atoms with E-state index in [1.165, 1.54) is 6.92 Å². The van der Waals surface area contributed by atoms with Crippen molar-refractivity contribution in [1.82, 2.24) is 20.5 Å². The number of ether oxygens (including phenoxy) is 1. The van der Waals surface area contributed by atoms with E-state index in [0.717, 1.165) is 24.0 Å². The van der Waals surface area contributed by atoms with Crippen LogP contribution in [0.5, 0.6) is 5.75 Å². The molecule has 54 heavy (non-hydrogen) atoms. The van der Waals surface area contributed by atoms with E-state index in [0.29, 0.717) is 42.8 Å². The van der Waals surface area contributed by atoms with Gasteiger partial charge in [0.25, 0.3) is 11.8 Å². The summed E-state index contributed by atoms with van der Waals surface area (Å²) in [7, 11) is 0. The van der Waals surface area contributed by atoms with Gasteiger partial charge in [0.05, 0.1) is 5.41 Å². The van der Waals surface area contributed by atoms with Crippen molar-refractivity contribution >= 4 is 35.3 Å². The number of hydrogen-bond donors (Lipinski definition) is 3. The minimum atomic E-state index is -1.19. The SMILES string of the molecule is CC(=O)NCCC1(C(=O)NC(Cc2ccc(N3C(=O)[C@@H](Cc4cccnc4)N(C(=O)COc4ccccc4)C3c3ccccc3)cc2)C(=O)O)CCCC1. The van der Waals surface area contributed by atoms with Gasteiger partial charge in [0.2, 0.25) is 11.8 Å². The zero-order valence-electron chi connectivity index (χ0n) is 30.2. The summed E-state index contributed by atoms with van der Waals surface area (Å²) < 4.78 is 5.88. The summed E-state index contributed by atoms with van der Waals surface area (Å²) in [5.74, 6) is -1.78. The second-order valence-electron chi connectivity index (χ2n) is 13.9. The predicted octanol–water partition coefficient (Wildman–Crippen LogP) is 4.84. The van der Waals surface area contributed by atoms with E-state index in [4.69, 9.17) is 4.74 Å². The van der Waals surface area contributed by atoms with Gasteiger partial charge in [-0.3, -0.25) is 29.1 Å². The van der Waals surface area contributed by atoms with Crippen LogP contribution in [0.3, 0.4) is 0 Å². The summed E-state index contributed by atoms with van der Waals surface area (Å²) in [6, 6.07) is 26.9. The standard InChI is InChI=1S/C42H45N5O7/c1-29(48)44-24-22-42(20-8-9-21-42)41(53)45-35(40(51)52)25-30-16-18-33(19-17-30)46-38(32-12-4-2-5-13-32)47(37(49)28-54-34-14-6-3-7-15-34)36(39(46)50)26-31-11-10-23-43-27-31/h2-7,10-19,23,27,35-36,38H,8-9,20-22,24-26,28H2,1H3,(H,44,48)(H,45,53)(H,51,52)/t35?,36-,38?/m1/s1. The molecule has 12 heteroatoms. The number of para-hydroxylation sites is 1. The van der Waals surface area contributed by atoms with Crippen LogP contribution in [0.15, 0.2) is 109 Å². The average Bonchev–Trinajstić information content (AvgIpc) is 3.78. The number of aromatic nitrogens is 1. The Morgan fingerprint density at radius 2 is 1.59 bits per heavy atom. The Morgan fingerprint density at radius 1 is 0.907 bits per heavy atom. The van der Waals surface area contributed by atoms with Gasteiger partial charge in [-0.15, -0.1) is 0 Å². The summed E-state index contributed by atoms with van der Waals surface area (Å²) >= 11 is 0. The number of pyridine rings is 1. The summed E-state index contributed by atoms with van der Waals surface area (Å²) in [5.41, 5.74) is 1.95. The zero-order valence-corrected chi connectivity index (χ0v) is 30.2. The maximum Gasteiger partial charge on any atom is 0.326 e. The number of hydrogen-bond acceptors (Lipinski definition) is 7. The molecule has 2 fully saturated rings. The number of carboxylic acids is 1. The Hall–Kier alpha value is -6.04. The molecule has 1 aliphatic carbocycles. The smallest absolute Gasteiger partial charge is 0.326 e. The molecule has 1 saturated heterocycles. The molecule has 0 bridgehead atoms. The molecule has 6 rings (SSSR count). The van der Waals surface area contributed by atoms with Crippen LogP contribution >= 0.6 is 0 Å². The van der Waals surface area contributed by atoms with Crippen LogP contribution < -0.4 is 20.3 Å². The monoisotopic (exact) mass is 731 g/mol. The molecule has 4 amide bonds. The van der Waals surface area contributed by atoms with E-state index in [2.05, 4.69) is 15.6 Å². The predicted molar refractivity (Wildman–Crippen MR) is 201 cm³/mol. The van der Waals surface area contributed by atoms with Gasteiger partial charge in [-0.2, -0.15) is 0 Å². The summed E-state index contributed by atoms with van der Waals surface area (Å²) in [4.78, 5) is 73.6. The van der Waals surface area contributed by atoms with Crippen LogP contribution in [0.1, 0.15) is 61.9 Å². The largest absolute Gasteiger partial charge is 0.484 e. The molecule has 0 radical (unpaired) electrons. The van der Waals surface area contributed by atoms with Crippen molar-refractivity contribution in [2.75, 3.05) is 18.1 Å². The number of rotatable bonds is 15. The Bertz CT molecular complexity index is 1920. The lowest BCUT2D eigenvalue weighted by atomic mass is 9.81. The van der Waals surface area contributed by atoms with E-state index in [1.807, 2.05) is 54.6 Å². The highest BCUT2D eigenvalue weighted by Gasteiger charge is 2.50. The van der Waals surface area contributed by atoms with Crippen LogP contribution in [0.2, 0.25) is 0 Å². The van der Waals surface area contributed by atoms with Crippen molar-refractivity contribution in [3.8, 4) is 5.75 Å². The maximum atomic E-state index is 14.5. The van der Waals surface area contributed by atoms with Crippen molar-refractivity contribution in [1.29, 1.82) is 0 Å². The first-order chi connectivity index (χ1) is 26.1. The second-order valence-corrected chi connectivity index (χ2v) is 13.9. The number of benzene rings is 3. The molecule has 280 valence electrons. The first-order valence-corrected chi connectivity index (χ1v) is 18.3. The lowest BCUT2D eigenvalue weighted by Crippen LogP contribution is -2.49.